The van der Waals surface area contributed by atoms with Gasteiger partial charge in [0.25, 0.3) is 0 Å². The Bertz CT molecular complexity index is 534. The largest absolute Gasteiger partial charge is 0.498 e. The van der Waals surface area contributed by atoms with Gasteiger partial charge in [-0.25, -0.2) is 9.97 Å². The predicted molar refractivity (Wildman–Crippen MR) is 89.8 cm³/mol. The predicted octanol–water partition coefficient (Wildman–Crippen LogP) is 1.13. The van der Waals surface area contributed by atoms with E-state index >= 15 is 0 Å². The Labute approximate surface area is 138 Å². The Morgan fingerprint density at radius 2 is 1.78 bits per heavy atom. The van der Waals surface area contributed by atoms with Crippen molar-refractivity contribution in [1.82, 2.24) is 9.97 Å². The molecule has 0 aromatic carbocycles. The molecule has 2 aliphatic rings. The molecule has 0 bridgehead atoms. The highest BCUT2D eigenvalue weighted by atomic mass is 16.7. The van der Waals surface area contributed by atoms with Crippen LogP contribution in [-0.4, -0.2) is 52.6 Å². The molecular weight excluding hydrogens is 293 g/mol. The third-order valence-corrected chi connectivity index (χ3v) is 5.28. The van der Waals surface area contributed by atoms with Crippen molar-refractivity contribution in [3.63, 3.8) is 0 Å². The summed E-state index contributed by atoms with van der Waals surface area (Å²) in [7, 11) is -0.441. The van der Waals surface area contributed by atoms with E-state index in [0.717, 1.165) is 31.3 Å². The minimum atomic E-state index is -0.441. The first-order valence-corrected chi connectivity index (χ1v) is 8.39. The number of anilines is 1. The summed E-state index contributed by atoms with van der Waals surface area (Å²) in [6.07, 6.45) is 6.78. The third-order valence-electron chi connectivity index (χ3n) is 5.28. The molecule has 0 spiro atoms. The molecule has 6 nitrogen and oxygen atoms in total. The number of hydrogen-bond acceptors (Lipinski definition) is 6. The van der Waals surface area contributed by atoms with E-state index < -0.39 is 7.12 Å². The summed E-state index contributed by atoms with van der Waals surface area (Å²) in [5, 5.41) is 9.53. The monoisotopic (exact) mass is 319 g/mol. The van der Waals surface area contributed by atoms with Crippen molar-refractivity contribution >= 4 is 18.5 Å². The van der Waals surface area contributed by atoms with Crippen molar-refractivity contribution < 1.29 is 14.4 Å². The normalized spacial score (nSPS) is 26.6. The standard InChI is InChI=1S/C16H26BN3O3/c1-15(2)16(3,4)23-17(22-15)12-9-18-14(19-10-12)20-8-6-5-7-13(20)11-21/h9-10,13,21H,5-8,11H2,1-4H3/t13-/m0/s1. The Kier molecular flexibility index (Phi) is 4.38. The van der Waals surface area contributed by atoms with Gasteiger partial charge in [0.2, 0.25) is 5.95 Å². The molecule has 23 heavy (non-hydrogen) atoms. The molecule has 1 aromatic heterocycles. The van der Waals surface area contributed by atoms with Gasteiger partial charge >= 0.3 is 7.12 Å². The number of aliphatic hydroxyl groups is 1. The van der Waals surface area contributed by atoms with Gasteiger partial charge < -0.3 is 19.3 Å². The topological polar surface area (TPSA) is 67.7 Å². The zero-order valence-electron chi connectivity index (χ0n) is 14.5. The number of nitrogens with zero attached hydrogens (tertiary/aromatic N) is 3. The van der Waals surface area contributed by atoms with E-state index in [1.807, 2.05) is 27.7 Å². The van der Waals surface area contributed by atoms with Crippen LogP contribution in [0.15, 0.2) is 12.4 Å². The summed E-state index contributed by atoms with van der Waals surface area (Å²) >= 11 is 0. The smallest absolute Gasteiger partial charge is 0.399 e. The minimum absolute atomic E-state index is 0.117. The Balaban J connectivity index is 1.75. The molecule has 3 rings (SSSR count). The molecule has 0 unspecified atom stereocenters. The number of rotatable bonds is 3. The van der Waals surface area contributed by atoms with Gasteiger partial charge in [0.05, 0.1) is 23.9 Å². The maximum absolute atomic E-state index is 9.53. The summed E-state index contributed by atoms with van der Waals surface area (Å²) < 4.78 is 12.0. The summed E-state index contributed by atoms with van der Waals surface area (Å²) in [5.41, 5.74) is 0.0843. The van der Waals surface area contributed by atoms with Gasteiger partial charge in [-0.2, -0.15) is 0 Å². The highest BCUT2D eigenvalue weighted by Crippen LogP contribution is 2.36. The van der Waals surface area contributed by atoms with Crippen LogP contribution >= 0.6 is 0 Å². The van der Waals surface area contributed by atoms with Gasteiger partial charge in [0.1, 0.15) is 0 Å². The second-order valence-corrected chi connectivity index (χ2v) is 7.43. The lowest BCUT2D eigenvalue weighted by molar-refractivity contribution is 0.00578. The zero-order chi connectivity index (χ0) is 16.7. The van der Waals surface area contributed by atoms with E-state index in [0.29, 0.717) is 5.95 Å². The average molecular weight is 319 g/mol. The van der Waals surface area contributed by atoms with E-state index in [2.05, 4.69) is 14.9 Å². The second kappa shape index (κ2) is 6.04. The first kappa shape index (κ1) is 16.7. The van der Waals surface area contributed by atoms with E-state index in [-0.39, 0.29) is 23.9 Å². The lowest BCUT2D eigenvalue weighted by atomic mass is 9.81. The fraction of sp³-hybridized carbons (Fsp3) is 0.750. The highest BCUT2D eigenvalue weighted by Gasteiger charge is 2.52. The quantitative estimate of drug-likeness (QED) is 0.843. The maximum Gasteiger partial charge on any atom is 0.498 e. The van der Waals surface area contributed by atoms with Crippen LogP contribution in [0.2, 0.25) is 0 Å². The van der Waals surface area contributed by atoms with E-state index in [9.17, 15) is 5.11 Å². The third kappa shape index (κ3) is 3.10. The van der Waals surface area contributed by atoms with E-state index in [1.165, 1.54) is 0 Å². The molecule has 2 aliphatic heterocycles. The van der Waals surface area contributed by atoms with Gasteiger partial charge in [-0.05, 0) is 47.0 Å². The van der Waals surface area contributed by atoms with Crippen LogP contribution in [0.25, 0.3) is 0 Å². The highest BCUT2D eigenvalue weighted by molar-refractivity contribution is 6.61. The summed E-state index contributed by atoms with van der Waals surface area (Å²) in [6.45, 7) is 9.15. The molecule has 7 heteroatoms. The van der Waals surface area contributed by atoms with Crippen molar-refractivity contribution in [2.45, 2.75) is 64.2 Å². The fourth-order valence-corrected chi connectivity index (χ4v) is 3.03. The maximum atomic E-state index is 9.53. The van der Waals surface area contributed by atoms with Crippen LogP contribution < -0.4 is 10.4 Å². The number of aliphatic hydroxyl groups excluding tert-OH is 1. The number of piperidine rings is 1. The molecule has 0 aliphatic carbocycles. The van der Waals surface area contributed by atoms with Gasteiger partial charge in [-0.1, -0.05) is 0 Å². The first-order chi connectivity index (χ1) is 10.8. The van der Waals surface area contributed by atoms with Crippen LogP contribution in [0.4, 0.5) is 5.95 Å². The van der Waals surface area contributed by atoms with E-state index in [4.69, 9.17) is 9.31 Å². The molecule has 0 saturated carbocycles. The van der Waals surface area contributed by atoms with Crippen LogP contribution in [0.3, 0.4) is 0 Å². The van der Waals surface area contributed by atoms with Crippen molar-refractivity contribution in [3.8, 4) is 0 Å². The van der Waals surface area contributed by atoms with Crippen LogP contribution in [0.5, 0.6) is 0 Å². The van der Waals surface area contributed by atoms with E-state index in [1.54, 1.807) is 12.4 Å². The fourth-order valence-electron chi connectivity index (χ4n) is 3.03. The SMILES string of the molecule is CC1(C)OB(c2cnc(N3CCCC[C@H]3CO)nc2)OC1(C)C. The Morgan fingerprint density at radius 1 is 1.17 bits per heavy atom. The van der Waals surface area contributed by atoms with Crippen molar-refractivity contribution in [2.75, 3.05) is 18.1 Å². The first-order valence-electron chi connectivity index (χ1n) is 8.39. The van der Waals surface area contributed by atoms with Crippen LogP contribution in [0.1, 0.15) is 47.0 Å². The van der Waals surface area contributed by atoms with Gasteiger partial charge in [-0.3, -0.25) is 0 Å². The molecule has 1 atom stereocenters. The molecule has 1 aromatic rings. The molecule has 3 heterocycles. The molecule has 126 valence electrons. The second-order valence-electron chi connectivity index (χ2n) is 7.43. The van der Waals surface area contributed by atoms with Crippen LogP contribution in [0, 0.1) is 0 Å². The molecule has 0 amide bonds. The molecule has 2 saturated heterocycles. The number of hydrogen-bond donors (Lipinski definition) is 1. The van der Waals surface area contributed by atoms with Gasteiger partial charge in [-0.15, -0.1) is 0 Å². The zero-order valence-corrected chi connectivity index (χ0v) is 14.5. The lowest BCUT2D eigenvalue weighted by Gasteiger charge is -2.34. The Hall–Kier alpha value is -1.18. The molecular formula is C16H26BN3O3. The number of aromatic nitrogens is 2. The summed E-state index contributed by atoms with van der Waals surface area (Å²) in [6, 6.07) is 0.117. The minimum Gasteiger partial charge on any atom is -0.399 e. The molecule has 2 fully saturated rings. The summed E-state index contributed by atoms with van der Waals surface area (Å²) in [4.78, 5) is 11.1. The van der Waals surface area contributed by atoms with Crippen molar-refractivity contribution in [2.24, 2.45) is 0 Å². The van der Waals surface area contributed by atoms with Crippen LogP contribution in [-0.2, 0) is 9.31 Å². The summed E-state index contributed by atoms with van der Waals surface area (Å²) in [5.74, 6) is 0.670. The van der Waals surface area contributed by atoms with Gasteiger partial charge in [0, 0.05) is 24.4 Å². The van der Waals surface area contributed by atoms with Gasteiger partial charge in [0.15, 0.2) is 0 Å². The molecule has 1 N–H and O–H groups in total. The Morgan fingerprint density at radius 3 is 2.35 bits per heavy atom. The average Bonchev–Trinajstić information content (AvgIpc) is 2.75. The molecule has 0 radical (unpaired) electrons. The van der Waals surface area contributed by atoms with Crippen molar-refractivity contribution in [1.29, 1.82) is 0 Å². The lowest BCUT2D eigenvalue weighted by Crippen LogP contribution is -2.43. The van der Waals surface area contributed by atoms with Crippen molar-refractivity contribution in [3.05, 3.63) is 12.4 Å².